The van der Waals surface area contributed by atoms with E-state index in [0.717, 1.165) is 0 Å². The van der Waals surface area contributed by atoms with Crippen molar-refractivity contribution in [3.8, 4) is 0 Å². The van der Waals surface area contributed by atoms with E-state index in [0.29, 0.717) is 18.9 Å². The maximum Gasteiger partial charge on any atom is 0.220 e. The lowest BCUT2D eigenvalue weighted by Gasteiger charge is -2.24. The molecule has 4 heteroatoms. The molecule has 0 aliphatic heterocycles. The Morgan fingerprint density at radius 1 is 1.64 bits per heavy atom. The smallest absolute Gasteiger partial charge is 0.220 e. The molecule has 0 spiro atoms. The number of methoxy groups -OCH3 is 1. The van der Waals surface area contributed by atoms with Crippen LogP contribution in [0.2, 0.25) is 0 Å². The lowest BCUT2D eigenvalue weighted by molar-refractivity contribution is -0.123. The van der Waals surface area contributed by atoms with Crippen molar-refractivity contribution in [3.63, 3.8) is 0 Å². The summed E-state index contributed by atoms with van der Waals surface area (Å²) >= 11 is 0. The second-order valence-electron chi connectivity index (χ2n) is 3.91. The highest BCUT2D eigenvalue weighted by molar-refractivity contribution is 5.76. The molecule has 1 rings (SSSR count). The molecule has 1 aliphatic carbocycles. The highest BCUT2D eigenvalue weighted by atomic mass is 16.5. The summed E-state index contributed by atoms with van der Waals surface area (Å²) in [6, 6.07) is 0. The summed E-state index contributed by atoms with van der Waals surface area (Å²) in [6.45, 7) is 0.559. The first-order valence-electron chi connectivity index (χ1n) is 5.16. The second kappa shape index (κ2) is 5.98. The van der Waals surface area contributed by atoms with Crippen LogP contribution in [0.5, 0.6) is 0 Å². The van der Waals surface area contributed by atoms with Crippen LogP contribution in [0.15, 0.2) is 0 Å². The Morgan fingerprint density at radius 2 is 2.36 bits per heavy atom. The minimum Gasteiger partial charge on any atom is -0.389 e. The van der Waals surface area contributed by atoms with E-state index in [4.69, 9.17) is 4.74 Å². The van der Waals surface area contributed by atoms with Crippen molar-refractivity contribution in [2.24, 2.45) is 5.92 Å². The number of amides is 1. The molecule has 0 bridgehead atoms. The standard InChI is InChI=1S/C10H19NO3/c1-14-7-9(12)6-11-10(13)5-8-3-2-4-8/h8-9,12H,2-7H2,1H3,(H,11,13). The van der Waals surface area contributed by atoms with E-state index in [1.165, 1.54) is 26.4 Å². The highest BCUT2D eigenvalue weighted by Gasteiger charge is 2.20. The zero-order chi connectivity index (χ0) is 10.4. The van der Waals surface area contributed by atoms with Crippen LogP contribution in [0, 0.1) is 5.92 Å². The van der Waals surface area contributed by atoms with Crippen LogP contribution < -0.4 is 5.32 Å². The minimum absolute atomic E-state index is 0.0462. The summed E-state index contributed by atoms with van der Waals surface area (Å²) in [4.78, 5) is 11.3. The number of ether oxygens (including phenoxy) is 1. The lowest BCUT2D eigenvalue weighted by Crippen LogP contribution is -2.35. The Labute approximate surface area is 84.6 Å². The molecule has 0 heterocycles. The number of nitrogens with one attached hydrogen (secondary N) is 1. The first kappa shape index (κ1) is 11.5. The molecule has 1 unspecified atom stereocenters. The average molecular weight is 201 g/mol. The van der Waals surface area contributed by atoms with Gasteiger partial charge in [-0.1, -0.05) is 6.42 Å². The number of carbonyl (C=O) groups is 1. The van der Waals surface area contributed by atoms with Crippen LogP contribution in [0.4, 0.5) is 0 Å². The predicted molar refractivity (Wildman–Crippen MR) is 52.9 cm³/mol. The molecule has 1 fully saturated rings. The Hall–Kier alpha value is -0.610. The zero-order valence-electron chi connectivity index (χ0n) is 8.66. The van der Waals surface area contributed by atoms with E-state index in [2.05, 4.69) is 5.32 Å². The number of aliphatic hydroxyl groups excluding tert-OH is 1. The molecule has 0 saturated heterocycles. The van der Waals surface area contributed by atoms with E-state index >= 15 is 0 Å². The molecule has 1 saturated carbocycles. The van der Waals surface area contributed by atoms with Crippen LogP contribution in [0.1, 0.15) is 25.7 Å². The molecular formula is C10H19NO3. The normalized spacial score (nSPS) is 18.7. The van der Waals surface area contributed by atoms with Crippen LogP contribution >= 0.6 is 0 Å². The summed E-state index contributed by atoms with van der Waals surface area (Å²) in [5.41, 5.74) is 0. The average Bonchev–Trinajstić information content (AvgIpc) is 2.09. The van der Waals surface area contributed by atoms with Gasteiger partial charge in [0.2, 0.25) is 5.91 Å². The second-order valence-corrected chi connectivity index (χ2v) is 3.91. The monoisotopic (exact) mass is 201 g/mol. The number of hydrogen-bond donors (Lipinski definition) is 2. The fourth-order valence-electron chi connectivity index (χ4n) is 1.51. The van der Waals surface area contributed by atoms with Gasteiger partial charge >= 0.3 is 0 Å². The minimum atomic E-state index is -0.592. The zero-order valence-corrected chi connectivity index (χ0v) is 8.66. The van der Waals surface area contributed by atoms with Gasteiger partial charge in [0.1, 0.15) is 0 Å². The van der Waals surface area contributed by atoms with Gasteiger partial charge in [0.05, 0.1) is 12.7 Å². The molecule has 0 aromatic carbocycles. The summed E-state index contributed by atoms with van der Waals surface area (Å²) in [7, 11) is 1.53. The highest BCUT2D eigenvalue weighted by Crippen LogP contribution is 2.28. The van der Waals surface area contributed by atoms with Crippen molar-refractivity contribution in [2.45, 2.75) is 31.8 Å². The van der Waals surface area contributed by atoms with Gasteiger partial charge in [-0.05, 0) is 18.8 Å². The first-order valence-corrected chi connectivity index (χ1v) is 5.16. The van der Waals surface area contributed by atoms with Gasteiger partial charge in [-0.15, -0.1) is 0 Å². The Morgan fingerprint density at radius 3 is 2.86 bits per heavy atom. The molecule has 14 heavy (non-hydrogen) atoms. The maximum atomic E-state index is 11.3. The summed E-state index contributed by atoms with van der Waals surface area (Å²) < 4.78 is 4.75. The molecule has 0 aromatic heterocycles. The molecule has 0 aromatic rings. The van der Waals surface area contributed by atoms with Crippen molar-refractivity contribution >= 4 is 5.91 Å². The topological polar surface area (TPSA) is 58.6 Å². The van der Waals surface area contributed by atoms with Crippen LogP contribution in [-0.4, -0.2) is 37.4 Å². The molecule has 82 valence electrons. The van der Waals surface area contributed by atoms with Crippen molar-refractivity contribution < 1.29 is 14.6 Å². The Kier molecular flexibility index (Phi) is 4.90. The molecule has 2 N–H and O–H groups in total. The molecular weight excluding hydrogens is 182 g/mol. The molecule has 0 radical (unpaired) electrons. The van der Waals surface area contributed by atoms with E-state index in [9.17, 15) is 9.90 Å². The lowest BCUT2D eigenvalue weighted by atomic mass is 9.83. The third kappa shape index (κ3) is 4.07. The van der Waals surface area contributed by atoms with Crippen LogP contribution in [0.3, 0.4) is 0 Å². The summed E-state index contributed by atoms with van der Waals surface area (Å²) in [5, 5.41) is 12.0. The van der Waals surface area contributed by atoms with Crippen molar-refractivity contribution in [1.29, 1.82) is 0 Å². The van der Waals surface area contributed by atoms with Gasteiger partial charge in [0, 0.05) is 20.1 Å². The van der Waals surface area contributed by atoms with E-state index in [1.807, 2.05) is 0 Å². The third-order valence-electron chi connectivity index (χ3n) is 2.59. The van der Waals surface area contributed by atoms with Gasteiger partial charge < -0.3 is 15.2 Å². The number of rotatable bonds is 6. The Bertz CT molecular complexity index is 180. The fourth-order valence-corrected chi connectivity index (χ4v) is 1.51. The van der Waals surface area contributed by atoms with E-state index in [1.54, 1.807) is 0 Å². The van der Waals surface area contributed by atoms with Crippen LogP contribution in [-0.2, 0) is 9.53 Å². The number of aliphatic hydroxyl groups is 1. The largest absolute Gasteiger partial charge is 0.389 e. The number of carbonyl (C=O) groups excluding carboxylic acids is 1. The van der Waals surface area contributed by atoms with Crippen molar-refractivity contribution in [3.05, 3.63) is 0 Å². The Balaban J connectivity index is 2.01. The SMILES string of the molecule is COCC(O)CNC(=O)CC1CCC1. The molecule has 1 atom stereocenters. The quantitative estimate of drug-likeness (QED) is 0.650. The van der Waals surface area contributed by atoms with Gasteiger partial charge in [-0.2, -0.15) is 0 Å². The first-order chi connectivity index (χ1) is 6.72. The van der Waals surface area contributed by atoms with Gasteiger partial charge in [-0.3, -0.25) is 4.79 Å². The molecule has 1 amide bonds. The summed E-state index contributed by atoms with van der Waals surface area (Å²) in [5.74, 6) is 0.624. The van der Waals surface area contributed by atoms with Crippen molar-refractivity contribution in [1.82, 2.24) is 5.32 Å². The summed E-state index contributed by atoms with van der Waals surface area (Å²) in [6.07, 6.45) is 3.62. The molecule has 1 aliphatic rings. The van der Waals surface area contributed by atoms with Crippen LogP contribution in [0.25, 0.3) is 0 Å². The maximum absolute atomic E-state index is 11.3. The van der Waals surface area contributed by atoms with Gasteiger partial charge in [-0.25, -0.2) is 0 Å². The van der Waals surface area contributed by atoms with Gasteiger partial charge in [0.25, 0.3) is 0 Å². The van der Waals surface area contributed by atoms with Gasteiger partial charge in [0.15, 0.2) is 0 Å². The third-order valence-corrected chi connectivity index (χ3v) is 2.59. The van der Waals surface area contributed by atoms with E-state index < -0.39 is 6.10 Å². The predicted octanol–water partition coefficient (Wildman–Crippen LogP) is 0.300. The van der Waals surface area contributed by atoms with Crippen molar-refractivity contribution in [2.75, 3.05) is 20.3 Å². The fraction of sp³-hybridized carbons (Fsp3) is 0.900. The number of hydrogen-bond acceptors (Lipinski definition) is 3. The van der Waals surface area contributed by atoms with E-state index in [-0.39, 0.29) is 12.5 Å². The molecule has 4 nitrogen and oxygen atoms in total.